The third-order valence-corrected chi connectivity index (χ3v) is 4.52. The summed E-state index contributed by atoms with van der Waals surface area (Å²) in [6.07, 6.45) is 1.06. The number of rotatable bonds is 8. The molecule has 1 unspecified atom stereocenters. The third kappa shape index (κ3) is 4.25. The van der Waals surface area contributed by atoms with Crippen LogP contribution in [0.15, 0.2) is 6.07 Å². The van der Waals surface area contributed by atoms with Gasteiger partial charge in [0.05, 0.1) is 31.1 Å². The van der Waals surface area contributed by atoms with Crippen LogP contribution in [-0.2, 0) is 4.79 Å². The molecule has 0 saturated heterocycles. The van der Waals surface area contributed by atoms with E-state index < -0.39 is 11.8 Å². The summed E-state index contributed by atoms with van der Waals surface area (Å²) in [4.78, 5) is 25.6. The zero-order valence-corrected chi connectivity index (χ0v) is 14.8. The molecule has 9 heteroatoms. The molecule has 1 amide bonds. The van der Waals surface area contributed by atoms with Gasteiger partial charge in [0.25, 0.3) is 11.8 Å². The number of carbonyl (C=O) groups excluding carboxylic acids is 2. The predicted octanol–water partition coefficient (Wildman–Crippen LogP) is 3.07. The predicted molar refractivity (Wildman–Crippen MR) is 87.2 cm³/mol. The number of hydrogen-bond donors (Lipinski definition) is 0. The van der Waals surface area contributed by atoms with Crippen LogP contribution in [0, 0.1) is 0 Å². The highest BCUT2D eigenvalue weighted by Crippen LogP contribution is 2.55. The van der Waals surface area contributed by atoms with Crippen molar-refractivity contribution in [1.29, 1.82) is 0 Å². The SMILES string of the molecule is CN(C(=O)CCCCl)c1cc(C2CC2(F)F)n(C(=O)CCCCl)[nH+]1. The van der Waals surface area contributed by atoms with Crippen molar-refractivity contribution in [3.05, 3.63) is 11.8 Å². The molecular formula is C15H20Cl2F2N3O2+. The molecule has 0 bridgehead atoms. The van der Waals surface area contributed by atoms with Crippen LogP contribution in [0.5, 0.6) is 0 Å². The summed E-state index contributed by atoms with van der Waals surface area (Å²) in [7, 11) is 1.53. The van der Waals surface area contributed by atoms with Crippen molar-refractivity contribution in [3.63, 3.8) is 0 Å². The van der Waals surface area contributed by atoms with Gasteiger partial charge in [-0.3, -0.25) is 4.79 Å². The van der Waals surface area contributed by atoms with Gasteiger partial charge in [0, 0.05) is 24.6 Å². The van der Waals surface area contributed by atoms with Gasteiger partial charge in [-0.05, 0) is 12.8 Å². The number of nitrogens with one attached hydrogen (secondary N) is 1. The van der Waals surface area contributed by atoms with Crippen molar-refractivity contribution in [1.82, 2.24) is 4.68 Å². The largest absolute Gasteiger partial charge is 0.309 e. The van der Waals surface area contributed by atoms with E-state index in [0.29, 0.717) is 30.4 Å². The molecule has 0 aliphatic heterocycles. The van der Waals surface area contributed by atoms with Crippen LogP contribution in [0.1, 0.15) is 48.5 Å². The lowest BCUT2D eigenvalue weighted by Crippen LogP contribution is -2.35. The molecular weight excluding hydrogens is 363 g/mol. The molecule has 1 heterocycles. The van der Waals surface area contributed by atoms with Gasteiger partial charge in [0.2, 0.25) is 0 Å². The maximum Gasteiger partial charge on any atom is 0.309 e. The van der Waals surface area contributed by atoms with Crippen molar-refractivity contribution >= 4 is 40.8 Å². The molecule has 1 atom stereocenters. The van der Waals surface area contributed by atoms with E-state index >= 15 is 0 Å². The minimum atomic E-state index is -2.81. The molecule has 134 valence electrons. The molecule has 1 aliphatic carbocycles. The van der Waals surface area contributed by atoms with Crippen LogP contribution in [0.25, 0.3) is 0 Å². The second-order valence-corrected chi connectivity index (χ2v) is 6.61. The van der Waals surface area contributed by atoms with E-state index in [1.54, 1.807) is 0 Å². The maximum absolute atomic E-state index is 13.5. The summed E-state index contributed by atoms with van der Waals surface area (Å²) < 4.78 is 28.0. The zero-order valence-electron chi connectivity index (χ0n) is 13.3. The van der Waals surface area contributed by atoms with Crippen LogP contribution < -0.4 is 10.00 Å². The normalized spacial score (nSPS) is 18.5. The van der Waals surface area contributed by atoms with Gasteiger partial charge >= 0.3 is 11.7 Å². The summed E-state index contributed by atoms with van der Waals surface area (Å²) >= 11 is 11.2. The molecule has 0 radical (unpaired) electrons. The van der Waals surface area contributed by atoms with Gasteiger partial charge in [-0.2, -0.15) is 14.7 Å². The van der Waals surface area contributed by atoms with Crippen LogP contribution in [0.3, 0.4) is 0 Å². The van der Waals surface area contributed by atoms with Gasteiger partial charge < -0.3 is 0 Å². The fourth-order valence-electron chi connectivity index (χ4n) is 2.43. The zero-order chi connectivity index (χ0) is 17.9. The molecule has 1 aromatic rings. The summed E-state index contributed by atoms with van der Waals surface area (Å²) in [5, 5.41) is 2.77. The number of carbonyl (C=O) groups is 2. The Bertz CT molecular complexity index is 622. The molecule has 24 heavy (non-hydrogen) atoms. The van der Waals surface area contributed by atoms with E-state index in [-0.39, 0.29) is 36.8 Å². The van der Waals surface area contributed by atoms with E-state index in [1.807, 2.05) is 0 Å². The molecule has 2 rings (SSSR count). The van der Waals surface area contributed by atoms with Gasteiger partial charge in [0.15, 0.2) is 0 Å². The Balaban J connectivity index is 2.24. The minimum Gasteiger partial charge on any atom is -0.271 e. The lowest BCUT2D eigenvalue weighted by Gasteiger charge is -2.05. The Labute approximate surface area is 148 Å². The number of anilines is 1. The van der Waals surface area contributed by atoms with Gasteiger partial charge in [-0.15, -0.1) is 23.2 Å². The summed E-state index contributed by atoms with van der Waals surface area (Å²) in [6.45, 7) is 0. The van der Waals surface area contributed by atoms with Crippen molar-refractivity contribution in [2.45, 2.75) is 43.9 Å². The van der Waals surface area contributed by atoms with Crippen molar-refractivity contribution < 1.29 is 23.5 Å². The molecule has 1 aliphatic rings. The number of halogens is 4. The Morgan fingerprint density at radius 3 is 2.46 bits per heavy atom. The maximum atomic E-state index is 13.5. The van der Waals surface area contributed by atoms with E-state index in [4.69, 9.17) is 23.2 Å². The van der Waals surface area contributed by atoms with Gasteiger partial charge in [0.1, 0.15) is 0 Å². The third-order valence-electron chi connectivity index (χ3n) is 3.99. The molecule has 5 nitrogen and oxygen atoms in total. The molecule has 1 N–H and O–H groups in total. The Kier molecular flexibility index (Phi) is 6.20. The number of amides is 1. The molecule has 1 saturated carbocycles. The van der Waals surface area contributed by atoms with Crippen molar-refractivity contribution in [3.8, 4) is 0 Å². The average Bonchev–Trinajstić information content (AvgIpc) is 2.99. The van der Waals surface area contributed by atoms with Crippen molar-refractivity contribution in [2.24, 2.45) is 0 Å². The van der Waals surface area contributed by atoms with E-state index in [2.05, 4.69) is 5.10 Å². The second kappa shape index (κ2) is 7.78. The van der Waals surface area contributed by atoms with Crippen LogP contribution >= 0.6 is 23.2 Å². The highest BCUT2D eigenvalue weighted by atomic mass is 35.5. The van der Waals surface area contributed by atoms with Crippen LogP contribution in [-0.4, -0.2) is 41.2 Å². The topological polar surface area (TPSA) is 56.5 Å². The first-order valence-electron chi connectivity index (χ1n) is 7.76. The molecule has 1 aromatic heterocycles. The first kappa shape index (κ1) is 19.1. The summed E-state index contributed by atoms with van der Waals surface area (Å²) in [5.41, 5.74) is 0.201. The fraction of sp³-hybridized carbons (Fsp3) is 0.667. The van der Waals surface area contributed by atoms with Crippen LogP contribution in [0.2, 0.25) is 0 Å². The Hall–Kier alpha value is -1.21. The first-order valence-corrected chi connectivity index (χ1v) is 8.83. The minimum absolute atomic E-state index is 0.142. The van der Waals surface area contributed by atoms with E-state index in [9.17, 15) is 18.4 Å². The van der Waals surface area contributed by atoms with Crippen molar-refractivity contribution in [2.75, 3.05) is 23.7 Å². The molecule has 1 fully saturated rings. The number of alkyl halides is 4. The lowest BCUT2D eigenvalue weighted by molar-refractivity contribution is -0.459. The average molecular weight is 383 g/mol. The lowest BCUT2D eigenvalue weighted by atomic mass is 10.2. The summed E-state index contributed by atoms with van der Waals surface area (Å²) in [6, 6.07) is 1.45. The van der Waals surface area contributed by atoms with Gasteiger partial charge in [-0.25, -0.2) is 13.6 Å². The Morgan fingerprint density at radius 1 is 1.33 bits per heavy atom. The quantitative estimate of drug-likeness (QED) is 0.648. The van der Waals surface area contributed by atoms with E-state index in [0.717, 1.165) is 4.68 Å². The molecule has 0 spiro atoms. The highest BCUT2D eigenvalue weighted by Gasteiger charge is 2.60. The monoisotopic (exact) mass is 382 g/mol. The number of aromatic amines is 1. The number of aromatic nitrogens is 2. The first-order chi connectivity index (χ1) is 11.3. The van der Waals surface area contributed by atoms with Gasteiger partial charge in [-0.1, -0.05) is 0 Å². The number of H-pyrrole nitrogens is 1. The number of nitrogens with zero attached hydrogens (tertiary/aromatic N) is 2. The highest BCUT2D eigenvalue weighted by molar-refractivity contribution is 6.18. The van der Waals surface area contributed by atoms with E-state index in [1.165, 1.54) is 18.0 Å². The number of hydrogen-bond acceptors (Lipinski definition) is 2. The second-order valence-electron chi connectivity index (χ2n) is 5.85. The fourth-order valence-corrected chi connectivity index (χ4v) is 2.70. The summed E-state index contributed by atoms with van der Waals surface area (Å²) in [5.74, 6) is -3.38. The molecule has 0 aromatic carbocycles. The van der Waals surface area contributed by atoms with Crippen LogP contribution in [0.4, 0.5) is 14.6 Å². The standard InChI is InChI=1S/C15H19Cl2F2N3O2/c1-21(13(23)4-2-6-16)12-8-11(10-9-15(10,18)19)22(20-12)14(24)5-3-7-17/h8,10H,2-7,9H2,1H3/p+1. The smallest absolute Gasteiger partial charge is 0.271 e. The Morgan fingerprint density at radius 2 is 1.92 bits per heavy atom.